The average molecular weight is 429 g/mol. The lowest BCUT2D eigenvalue weighted by atomic mass is 10.1. The van der Waals surface area contributed by atoms with Gasteiger partial charge in [-0.2, -0.15) is 18.3 Å². The minimum absolute atomic E-state index is 0.0455. The molecular formula is C22H15F4N3O2. The van der Waals surface area contributed by atoms with Crippen LogP contribution in [0.1, 0.15) is 21.5 Å². The summed E-state index contributed by atoms with van der Waals surface area (Å²) in [4.78, 5) is 12.4. The molecule has 0 radical (unpaired) electrons. The molecule has 0 saturated heterocycles. The monoisotopic (exact) mass is 429 g/mol. The number of carbonyl (C=O) groups is 1. The molecule has 9 heteroatoms. The SMILES string of the molecule is O=C(Nc1n[nH]c2cc(OCc3ccccc3F)ccc12)c1ccc(C(F)(F)F)cc1. The van der Waals surface area contributed by atoms with Gasteiger partial charge in [0.05, 0.1) is 11.1 Å². The van der Waals surface area contributed by atoms with Crippen molar-refractivity contribution in [3.63, 3.8) is 0 Å². The predicted octanol–water partition coefficient (Wildman–Crippen LogP) is 5.55. The summed E-state index contributed by atoms with van der Waals surface area (Å²) < 4.78 is 57.3. The summed E-state index contributed by atoms with van der Waals surface area (Å²) in [6.45, 7) is 0.0455. The maximum Gasteiger partial charge on any atom is 0.416 e. The van der Waals surface area contributed by atoms with Crippen molar-refractivity contribution < 1.29 is 27.1 Å². The molecule has 4 rings (SSSR count). The Labute approximate surface area is 173 Å². The lowest BCUT2D eigenvalue weighted by Crippen LogP contribution is -2.13. The molecule has 0 unspecified atom stereocenters. The highest BCUT2D eigenvalue weighted by atomic mass is 19.4. The zero-order valence-corrected chi connectivity index (χ0v) is 15.8. The van der Waals surface area contributed by atoms with E-state index in [1.165, 1.54) is 6.07 Å². The van der Waals surface area contributed by atoms with Gasteiger partial charge in [-0.15, -0.1) is 0 Å². The fraction of sp³-hybridized carbons (Fsp3) is 0.0909. The highest BCUT2D eigenvalue weighted by Gasteiger charge is 2.30. The van der Waals surface area contributed by atoms with Gasteiger partial charge in [0.1, 0.15) is 18.2 Å². The summed E-state index contributed by atoms with van der Waals surface area (Å²) in [6, 6.07) is 15.1. The second-order valence-corrected chi connectivity index (χ2v) is 6.69. The summed E-state index contributed by atoms with van der Waals surface area (Å²) in [5.74, 6) is -0.263. The highest BCUT2D eigenvalue weighted by molar-refractivity contribution is 6.07. The zero-order valence-electron chi connectivity index (χ0n) is 15.8. The van der Waals surface area contributed by atoms with Crippen LogP contribution in [-0.2, 0) is 12.8 Å². The van der Waals surface area contributed by atoms with Crippen molar-refractivity contribution in [3.05, 3.63) is 89.2 Å². The number of aromatic nitrogens is 2. The van der Waals surface area contributed by atoms with E-state index in [2.05, 4.69) is 15.5 Å². The highest BCUT2D eigenvalue weighted by Crippen LogP contribution is 2.29. The van der Waals surface area contributed by atoms with Crippen LogP contribution in [0.15, 0.2) is 66.7 Å². The molecule has 2 N–H and O–H groups in total. The number of H-pyrrole nitrogens is 1. The number of aromatic amines is 1. The summed E-state index contributed by atoms with van der Waals surface area (Å²) >= 11 is 0. The van der Waals surface area contributed by atoms with Gasteiger partial charge in [-0.1, -0.05) is 18.2 Å². The Morgan fingerprint density at radius 1 is 1.03 bits per heavy atom. The van der Waals surface area contributed by atoms with Crippen LogP contribution >= 0.6 is 0 Å². The van der Waals surface area contributed by atoms with E-state index in [1.807, 2.05) is 0 Å². The molecule has 4 aromatic rings. The molecule has 5 nitrogen and oxygen atoms in total. The number of rotatable bonds is 5. The van der Waals surface area contributed by atoms with Crippen molar-refractivity contribution in [1.29, 1.82) is 0 Å². The predicted molar refractivity (Wildman–Crippen MR) is 106 cm³/mol. The largest absolute Gasteiger partial charge is 0.489 e. The maximum atomic E-state index is 13.7. The fourth-order valence-corrected chi connectivity index (χ4v) is 2.95. The number of benzene rings is 3. The van der Waals surface area contributed by atoms with E-state index in [0.717, 1.165) is 24.3 Å². The molecule has 1 aromatic heterocycles. The third-order valence-electron chi connectivity index (χ3n) is 4.59. The minimum atomic E-state index is -4.47. The van der Waals surface area contributed by atoms with Crippen molar-refractivity contribution >= 4 is 22.6 Å². The average Bonchev–Trinajstić information content (AvgIpc) is 3.14. The molecule has 1 heterocycles. The van der Waals surface area contributed by atoms with Gasteiger partial charge in [0.2, 0.25) is 0 Å². The number of nitrogens with one attached hydrogen (secondary N) is 2. The van der Waals surface area contributed by atoms with Crippen LogP contribution < -0.4 is 10.1 Å². The molecule has 0 aliphatic rings. The summed E-state index contributed by atoms with van der Waals surface area (Å²) in [6.07, 6.45) is -4.47. The first-order chi connectivity index (χ1) is 14.8. The Bertz CT molecular complexity index is 1230. The maximum absolute atomic E-state index is 13.7. The number of ether oxygens (including phenoxy) is 1. The van der Waals surface area contributed by atoms with Crippen LogP contribution in [0, 0.1) is 5.82 Å². The van der Waals surface area contributed by atoms with Crippen molar-refractivity contribution in [1.82, 2.24) is 10.2 Å². The molecule has 158 valence electrons. The van der Waals surface area contributed by atoms with Crippen molar-refractivity contribution in [2.24, 2.45) is 0 Å². The van der Waals surface area contributed by atoms with Gasteiger partial charge in [0.25, 0.3) is 5.91 Å². The summed E-state index contributed by atoms with van der Waals surface area (Å²) in [5.41, 5.74) is 0.205. The van der Waals surface area contributed by atoms with Crippen molar-refractivity contribution in [2.45, 2.75) is 12.8 Å². The Hall–Kier alpha value is -3.88. The van der Waals surface area contributed by atoms with E-state index >= 15 is 0 Å². The van der Waals surface area contributed by atoms with E-state index < -0.39 is 17.6 Å². The van der Waals surface area contributed by atoms with Gasteiger partial charge in [0.15, 0.2) is 5.82 Å². The number of nitrogens with zero attached hydrogens (tertiary/aromatic N) is 1. The smallest absolute Gasteiger partial charge is 0.416 e. The van der Waals surface area contributed by atoms with Crippen LogP contribution in [0.2, 0.25) is 0 Å². The first kappa shape index (κ1) is 20.4. The van der Waals surface area contributed by atoms with Crippen molar-refractivity contribution in [2.75, 3.05) is 5.32 Å². The minimum Gasteiger partial charge on any atom is -0.489 e. The lowest BCUT2D eigenvalue weighted by Gasteiger charge is -2.08. The summed E-state index contributed by atoms with van der Waals surface area (Å²) in [7, 11) is 0. The van der Waals surface area contributed by atoms with Gasteiger partial charge in [-0.3, -0.25) is 9.89 Å². The van der Waals surface area contributed by atoms with E-state index in [0.29, 0.717) is 22.2 Å². The Morgan fingerprint density at radius 3 is 2.48 bits per heavy atom. The molecule has 0 saturated carbocycles. The molecular weight excluding hydrogens is 414 g/mol. The Kier molecular flexibility index (Phi) is 5.33. The van der Waals surface area contributed by atoms with Crippen LogP contribution in [-0.4, -0.2) is 16.1 Å². The zero-order chi connectivity index (χ0) is 22.0. The number of anilines is 1. The van der Waals surface area contributed by atoms with Crippen LogP contribution in [0.25, 0.3) is 10.9 Å². The topological polar surface area (TPSA) is 67.0 Å². The standard InChI is InChI=1S/C22H15F4N3O2/c23-18-4-2-1-3-14(18)12-31-16-9-10-17-19(11-16)28-29-20(17)27-21(30)13-5-7-15(8-6-13)22(24,25)26/h1-11H,12H2,(H2,27,28,29,30). The molecule has 0 spiro atoms. The van der Waals surface area contributed by atoms with Crippen LogP contribution in [0.3, 0.4) is 0 Å². The second kappa shape index (κ2) is 8.10. The van der Waals surface area contributed by atoms with Gasteiger partial charge < -0.3 is 10.1 Å². The Balaban J connectivity index is 1.46. The molecule has 31 heavy (non-hydrogen) atoms. The van der Waals surface area contributed by atoms with E-state index in [4.69, 9.17) is 4.74 Å². The molecule has 1 amide bonds. The first-order valence-electron chi connectivity index (χ1n) is 9.14. The Morgan fingerprint density at radius 2 is 1.77 bits per heavy atom. The van der Waals surface area contributed by atoms with Gasteiger partial charge in [-0.25, -0.2) is 4.39 Å². The lowest BCUT2D eigenvalue weighted by molar-refractivity contribution is -0.137. The van der Waals surface area contributed by atoms with E-state index in [-0.39, 0.29) is 23.8 Å². The van der Waals surface area contributed by atoms with Crippen molar-refractivity contribution in [3.8, 4) is 5.75 Å². The molecule has 0 bridgehead atoms. The third-order valence-corrected chi connectivity index (χ3v) is 4.59. The quantitative estimate of drug-likeness (QED) is 0.409. The number of carbonyl (C=O) groups excluding carboxylic acids is 1. The van der Waals surface area contributed by atoms with Gasteiger partial charge in [-0.05, 0) is 42.5 Å². The molecule has 0 atom stereocenters. The van der Waals surface area contributed by atoms with Crippen LogP contribution in [0.5, 0.6) is 5.75 Å². The fourth-order valence-electron chi connectivity index (χ4n) is 2.95. The molecule has 0 aliphatic carbocycles. The number of hydrogen-bond acceptors (Lipinski definition) is 3. The molecule has 0 aliphatic heterocycles. The normalized spacial score (nSPS) is 11.5. The second-order valence-electron chi connectivity index (χ2n) is 6.69. The van der Waals surface area contributed by atoms with Gasteiger partial charge in [0, 0.05) is 22.6 Å². The van der Waals surface area contributed by atoms with Gasteiger partial charge >= 0.3 is 6.18 Å². The molecule has 0 fully saturated rings. The molecule has 3 aromatic carbocycles. The number of amides is 1. The third kappa shape index (κ3) is 4.50. The number of halogens is 4. The number of fused-ring (bicyclic) bond motifs is 1. The number of alkyl halides is 3. The first-order valence-corrected chi connectivity index (χ1v) is 9.14. The van der Waals surface area contributed by atoms with E-state index in [9.17, 15) is 22.4 Å². The summed E-state index contributed by atoms with van der Waals surface area (Å²) in [5, 5.41) is 9.95. The van der Waals surface area contributed by atoms with E-state index in [1.54, 1.807) is 36.4 Å². The number of hydrogen-bond donors (Lipinski definition) is 2. The van der Waals surface area contributed by atoms with Crippen LogP contribution in [0.4, 0.5) is 23.4 Å².